The van der Waals surface area contributed by atoms with Crippen LogP contribution in [0.15, 0.2) is 47.1 Å². The van der Waals surface area contributed by atoms with Crippen LogP contribution < -0.4 is 10.9 Å². The standard InChI is InChI=1S/2C21H25BN4O2/c2*27-21-8-12-6-13(9-21)17(14(7-12)10-21)19-18-15-2-3-23-20(15)24-11-16(18)22-26(25-19)4-1-5-28-22/h2*2-3,11-14,17,27H,1,4-10H2,(H,23,24). The molecule has 4 atom stereocenters. The van der Waals surface area contributed by atoms with Crippen molar-refractivity contribution in [2.75, 3.05) is 26.3 Å². The monoisotopic (exact) mass is 752 g/mol. The topological polar surface area (TPSA) is 147 Å². The maximum atomic E-state index is 11.1. The Morgan fingerprint density at radius 1 is 0.625 bits per heavy atom. The number of nitrogens with zero attached hydrogens (tertiary/aromatic N) is 6. The molecule has 8 bridgehead atoms. The summed E-state index contributed by atoms with van der Waals surface area (Å²) in [4.78, 5) is 20.2. The summed E-state index contributed by atoms with van der Waals surface area (Å²) in [6, 6.07) is 4.28. The van der Waals surface area contributed by atoms with Gasteiger partial charge in [0, 0.05) is 95.8 Å². The fraction of sp³-hybridized carbons (Fsp3) is 0.619. The van der Waals surface area contributed by atoms with Crippen molar-refractivity contribution >= 4 is 58.5 Å². The van der Waals surface area contributed by atoms with Crippen molar-refractivity contribution < 1.29 is 19.5 Å². The first-order valence-corrected chi connectivity index (χ1v) is 21.7. The van der Waals surface area contributed by atoms with Gasteiger partial charge in [-0.3, -0.25) is 0 Å². The van der Waals surface area contributed by atoms with Gasteiger partial charge in [-0.2, -0.15) is 10.2 Å². The molecule has 4 unspecified atom stereocenters. The quantitative estimate of drug-likeness (QED) is 0.227. The van der Waals surface area contributed by atoms with Gasteiger partial charge >= 0.3 is 14.1 Å². The number of fused-ring (bicyclic) bond motifs is 10. The minimum Gasteiger partial charge on any atom is -0.412 e. The molecular weight excluding hydrogens is 702 g/mol. The van der Waals surface area contributed by atoms with Crippen LogP contribution in [0.1, 0.15) is 88.2 Å². The van der Waals surface area contributed by atoms with E-state index >= 15 is 0 Å². The first kappa shape index (κ1) is 33.3. The summed E-state index contributed by atoms with van der Waals surface area (Å²) in [5.41, 5.74) is 8.34. The summed E-state index contributed by atoms with van der Waals surface area (Å²) in [6.07, 6.45) is 20.8. The summed E-state index contributed by atoms with van der Waals surface area (Å²) in [5, 5.41) is 34.9. The first-order chi connectivity index (χ1) is 27.4. The lowest BCUT2D eigenvalue weighted by Gasteiger charge is -2.58. The van der Waals surface area contributed by atoms with E-state index in [4.69, 9.17) is 19.5 Å². The fourth-order valence-corrected chi connectivity index (χ4v) is 14.6. The van der Waals surface area contributed by atoms with E-state index in [1.807, 2.05) is 24.8 Å². The predicted molar refractivity (Wildman–Crippen MR) is 215 cm³/mol. The molecule has 0 radical (unpaired) electrons. The van der Waals surface area contributed by atoms with Gasteiger partial charge in [0.15, 0.2) is 0 Å². The lowest BCUT2D eigenvalue weighted by atomic mass is 9.48. The molecule has 288 valence electrons. The second-order valence-electron chi connectivity index (χ2n) is 19.5. The minimum absolute atomic E-state index is 0.111. The van der Waals surface area contributed by atoms with Crippen LogP contribution in [-0.4, -0.2) is 103 Å². The van der Waals surface area contributed by atoms with Crippen molar-refractivity contribution in [2.24, 2.45) is 57.5 Å². The molecule has 12 aliphatic rings. The van der Waals surface area contributed by atoms with Crippen LogP contribution in [0.25, 0.3) is 22.1 Å². The number of aliphatic hydroxyl groups is 2. The zero-order chi connectivity index (χ0) is 36.9. The van der Waals surface area contributed by atoms with E-state index < -0.39 is 11.2 Å². The molecule has 8 aliphatic carbocycles. The van der Waals surface area contributed by atoms with Gasteiger partial charge in [-0.15, -0.1) is 0 Å². The Kier molecular flexibility index (Phi) is 7.09. The summed E-state index contributed by atoms with van der Waals surface area (Å²) in [5.74, 6) is 4.49. The van der Waals surface area contributed by atoms with Crippen molar-refractivity contribution in [2.45, 2.75) is 88.3 Å². The van der Waals surface area contributed by atoms with E-state index in [2.05, 4.69) is 41.9 Å². The average Bonchev–Trinajstić information content (AvgIpc) is 3.87. The van der Waals surface area contributed by atoms with Crippen LogP contribution >= 0.6 is 0 Å². The van der Waals surface area contributed by atoms with Crippen molar-refractivity contribution in [3.8, 4) is 0 Å². The Balaban J connectivity index is 0.000000118. The molecule has 4 N–H and O–H groups in total. The van der Waals surface area contributed by atoms with Gasteiger partial charge in [0.2, 0.25) is 0 Å². The van der Waals surface area contributed by atoms with Crippen LogP contribution in [-0.2, 0) is 9.31 Å². The van der Waals surface area contributed by atoms with Crippen LogP contribution in [0.3, 0.4) is 0 Å². The third kappa shape index (κ3) is 4.88. The second-order valence-corrected chi connectivity index (χ2v) is 19.5. The fourth-order valence-electron chi connectivity index (χ4n) is 14.6. The van der Waals surface area contributed by atoms with Crippen LogP contribution in [0.4, 0.5) is 0 Å². The molecule has 8 heterocycles. The normalized spacial score (nSPS) is 38.5. The summed E-state index contributed by atoms with van der Waals surface area (Å²) < 4.78 is 12.3. The van der Waals surface area contributed by atoms with Gasteiger partial charge in [0.05, 0.1) is 22.6 Å². The Labute approximate surface area is 327 Å². The summed E-state index contributed by atoms with van der Waals surface area (Å²) in [7, 11) is -0.222. The molecule has 4 aliphatic heterocycles. The van der Waals surface area contributed by atoms with Crippen LogP contribution in [0, 0.1) is 47.3 Å². The highest BCUT2D eigenvalue weighted by Gasteiger charge is 2.59. The molecule has 12 nitrogen and oxygen atoms in total. The van der Waals surface area contributed by atoms with E-state index in [-0.39, 0.29) is 14.1 Å². The molecule has 56 heavy (non-hydrogen) atoms. The second kappa shape index (κ2) is 11.9. The number of aromatic amines is 2. The number of aromatic nitrogens is 4. The van der Waals surface area contributed by atoms with E-state index in [1.54, 1.807) is 0 Å². The van der Waals surface area contributed by atoms with E-state index in [1.165, 1.54) is 59.2 Å². The molecule has 4 aromatic heterocycles. The zero-order valence-corrected chi connectivity index (χ0v) is 31.9. The maximum Gasteiger partial charge on any atom is 0.471 e. The SMILES string of the molecule is OC12CC3CC(C1)C(C1=NN4CCCOB4c4cnc5[nH]ccc5c41)C(C3)C2.OC12CC3CC(C1)C(C1=NN4CCCOB4c4cnc5[nH]ccc5c41)C(C3)C2. The van der Waals surface area contributed by atoms with Gasteiger partial charge in [0.1, 0.15) is 11.3 Å². The Hall–Kier alpha value is -3.71. The van der Waals surface area contributed by atoms with Crippen molar-refractivity contribution in [1.29, 1.82) is 0 Å². The molecule has 14 heteroatoms. The average molecular weight is 753 g/mol. The lowest BCUT2D eigenvalue weighted by molar-refractivity contribution is -0.138. The number of hydrazone groups is 2. The van der Waals surface area contributed by atoms with Gasteiger partial charge in [-0.25, -0.2) is 9.97 Å². The maximum absolute atomic E-state index is 11.1. The zero-order valence-electron chi connectivity index (χ0n) is 31.9. The Morgan fingerprint density at radius 2 is 1.05 bits per heavy atom. The third-order valence-corrected chi connectivity index (χ3v) is 16.0. The molecule has 0 amide bonds. The van der Waals surface area contributed by atoms with Crippen molar-refractivity contribution in [1.82, 2.24) is 29.8 Å². The molecule has 10 fully saturated rings. The molecule has 0 spiro atoms. The number of H-pyrrole nitrogens is 2. The van der Waals surface area contributed by atoms with Crippen molar-refractivity contribution in [3.63, 3.8) is 0 Å². The summed E-state index contributed by atoms with van der Waals surface area (Å²) in [6.45, 7) is 3.43. The predicted octanol–water partition coefficient (Wildman–Crippen LogP) is 3.77. The molecular formula is C42H50B2N8O4. The molecule has 8 saturated carbocycles. The number of hydrogen-bond donors (Lipinski definition) is 4. The van der Waals surface area contributed by atoms with E-state index in [0.29, 0.717) is 47.3 Å². The van der Waals surface area contributed by atoms with Gasteiger partial charge in [0.25, 0.3) is 0 Å². The molecule has 16 rings (SSSR count). The van der Waals surface area contributed by atoms with Gasteiger partial charge in [-0.05, 0) is 125 Å². The highest BCUT2D eigenvalue weighted by atomic mass is 16.5. The third-order valence-electron chi connectivity index (χ3n) is 16.0. The smallest absolute Gasteiger partial charge is 0.412 e. The Morgan fingerprint density at radius 3 is 1.46 bits per heavy atom. The molecule has 0 aromatic carbocycles. The highest BCUT2D eigenvalue weighted by molar-refractivity contribution is 6.68. The lowest BCUT2D eigenvalue weighted by Crippen LogP contribution is -2.61. The van der Waals surface area contributed by atoms with Crippen molar-refractivity contribution in [3.05, 3.63) is 48.0 Å². The van der Waals surface area contributed by atoms with Gasteiger partial charge < -0.3 is 39.3 Å². The van der Waals surface area contributed by atoms with Crippen LogP contribution in [0.2, 0.25) is 0 Å². The molecule has 4 aromatic rings. The van der Waals surface area contributed by atoms with Gasteiger partial charge in [-0.1, -0.05) is 0 Å². The summed E-state index contributed by atoms with van der Waals surface area (Å²) >= 11 is 0. The van der Waals surface area contributed by atoms with Crippen LogP contribution in [0.5, 0.6) is 0 Å². The Bertz CT molecular complexity index is 2130. The number of rotatable bonds is 2. The minimum atomic E-state index is -0.413. The number of nitrogens with one attached hydrogen (secondary N) is 2. The van der Waals surface area contributed by atoms with E-state index in [9.17, 15) is 10.2 Å². The number of hydrogen-bond acceptors (Lipinski definition) is 10. The first-order valence-electron chi connectivity index (χ1n) is 21.7. The highest BCUT2D eigenvalue weighted by Crippen LogP contribution is 2.60. The number of pyridine rings is 2. The van der Waals surface area contributed by atoms with E-state index in [0.717, 1.165) is 99.7 Å². The largest absolute Gasteiger partial charge is 0.471 e. The molecule has 2 saturated heterocycles.